The molecule has 1 aromatic rings. The van der Waals surface area contributed by atoms with E-state index in [1.165, 1.54) is 42.4 Å². The lowest BCUT2D eigenvalue weighted by Gasteiger charge is -2.26. The van der Waals surface area contributed by atoms with Crippen molar-refractivity contribution in [2.45, 2.75) is 69.7 Å². The number of nitrogens with two attached hydrogens (primary N) is 1. The lowest BCUT2D eigenvalue weighted by molar-refractivity contribution is 0.118. The van der Waals surface area contributed by atoms with Crippen LogP contribution in [-0.2, 0) is 17.6 Å². The van der Waals surface area contributed by atoms with Crippen molar-refractivity contribution in [1.29, 1.82) is 0 Å². The van der Waals surface area contributed by atoms with E-state index >= 15 is 0 Å². The molecule has 0 aliphatic heterocycles. The van der Waals surface area contributed by atoms with E-state index in [2.05, 4.69) is 25.1 Å². The highest BCUT2D eigenvalue weighted by Crippen LogP contribution is 2.40. The second-order valence-electron chi connectivity index (χ2n) is 8.00. The van der Waals surface area contributed by atoms with Crippen LogP contribution in [0.5, 0.6) is 0 Å². The highest BCUT2D eigenvalue weighted by molar-refractivity contribution is 5.36. The fourth-order valence-electron chi connectivity index (χ4n) is 4.43. The van der Waals surface area contributed by atoms with E-state index in [4.69, 9.17) is 10.5 Å². The van der Waals surface area contributed by atoms with Gasteiger partial charge in [0.15, 0.2) is 0 Å². The maximum absolute atomic E-state index is 9.48. The van der Waals surface area contributed by atoms with E-state index in [1.807, 2.05) is 0 Å². The summed E-state index contributed by atoms with van der Waals surface area (Å²) in [6.45, 7) is 4.07. The number of aliphatic hydroxyl groups excluding tert-OH is 1. The molecular weight excluding hydrogens is 298 g/mol. The summed E-state index contributed by atoms with van der Waals surface area (Å²) < 4.78 is 5.66. The third kappa shape index (κ3) is 4.19. The molecule has 3 N–H and O–H groups in total. The van der Waals surface area contributed by atoms with Crippen LogP contribution in [0.3, 0.4) is 0 Å². The minimum Gasteiger partial charge on any atom is -0.394 e. The van der Waals surface area contributed by atoms with Gasteiger partial charge in [-0.1, -0.05) is 25.1 Å². The molecule has 3 nitrogen and oxygen atoms in total. The number of ether oxygens (including phenoxy) is 1. The zero-order valence-corrected chi connectivity index (χ0v) is 15.1. The van der Waals surface area contributed by atoms with Gasteiger partial charge in [0, 0.05) is 18.8 Å². The molecule has 3 rings (SSSR count). The first-order valence-electron chi connectivity index (χ1n) is 9.73. The van der Waals surface area contributed by atoms with Gasteiger partial charge in [0.1, 0.15) is 0 Å². The summed E-state index contributed by atoms with van der Waals surface area (Å²) in [5.74, 6) is 1.30. The molecule has 2 aliphatic rings. The number of aliphatic hydroxyl groups is 1. The second kappa shape index (κ2) is 7.99. The first-order chi connectivity index (χ1) is 11.6. The molecule has 0 aromatic heterocycles. The Morgan fingerprint density at radius 3 is 2.88 bits per heavy atom. The SMILES string of the molecule is CCCOCC[C@@H]1CCc2cc([C@H]3CC[C@](N)(CO)C3)ccc2C1. The van der Waals surface area contributed by atoms with E-state index in [-0.39, 0.29) is 12.1 Å². The van der Waals surface area contributed by atoms with E-state index < -0.39 is 0 Å². The smallest absolute Gasteiger partial charge is 0.0611 e. The summed E-state index contributed by atoms with van der Waals surface area (Å²) in [6.07, 6.45) is 8.94. The monoisotopic (exact) mass is 331 g/mol. The summed E-state index contributed by atoms with van der Waals surface area (Å²) in [5, 5.41) is 9.48. The van der Waals surface area contributed by atoms with Crippen LogP contribution >= 0.6 is 0 Å². The van der Waals surface area contributed by atoms with Crippen molar-refractivity contribution in [3.63, 3.8) is 0 Å². The predicted octanol–water partition coefficient (Wildman–Crippen LogP) is 3.57. The Kier molecular flexibility index (Phi) is 5.96. The molecule has 1 saturated carbocycles. The van der Waals surface area contributed by atoms with Gasteiger partial charge in [-0.25, -0.2) is 0 Å². The molecule has 1 fully saturated rings. The van der Waals surface area contributed by atoms with E-state index in [1.54, 1.807) is 0 Å². The van der Waals surface area contributed by atoms with Crippen LogP contribution in [0.2, 0.25) is 0 Å². The molecule has 2 aliphatic carbocycles. The predicted molar refractivity (Wildman–Crippen MR) is 98.3 cm³/mol. The Balaban J connectivity index is 1.58. The summed E-state index contributed by atoms with van der Waals surface area (Å²) in [6, 6.07) is 7.08. The molecule has 0 unspecified atom stereocenters. The Morgan fingerprint density at radius 1 is 1.25 bits per heavy atom. The van der Waals surface area contributed by atoms with Crippen molar-refractivity contribution in [2.75, 3.05) is 19.8 Å². The van der Waals surface area contributed by atoms with Gasteiger partial charge in [-0.3, -0.25) is 0 Å². The molecule has 0 bridgehead atoms. The number of hydrogen-bond acceptors (Lipinski definition) is 3. The van der Waals surface area contributed by atoms with Gasteiger partial charge in [0.2, 0.25) is 0 Å². The maximum Gasteiger partial charge on any atom is 0.0611 e. The lowest BCUT2D eigenvalue weighted by atomic mass is 9.80. The standard InChI is InChI=1S/C21H33NO2/c1-2-10-24-11-8-16-3-4-18-13-19(6-5-17(18)12-16)20-7-9-21(22,14-20)15-23/h5-6,13,16,20,23H,2-4,7-12,14-15,22H2,1H3/t16-,20-,21+/m0/s1. The molecule has 3 heteroatoms. The van der Waals surface area contributed by atoms with E-state index in [0.29, 0.717) is 5.92 Å². The van der Waals surface area contributed by atoms with Crippen molar-refractivity contribution >= 4 is 0 Å². The topological polar surface area (TPSA) is 55.5 Å². The fraction of sp³-hybridized carbons (Fsp3) is 0.714. The normalized spacial score (nSPS) is 29.6. The fourth-order valence-corrected chi connectivity index (χ4v) is 4.43. The van der Waals surface area contributed by atoms with Gasteiger partial charge in [0.05, 0.1) is 6.61 Å². The second-order valence-corrected chi connectivity index (χ2v) is 8.00. The van der Waals surface area contributed by atoms with Gasteiger partial charge >= 0.3 is 0 Å². The largest absolute Gasteiger partial charge is 0.394 e. The van der Waals surface area contributed by atoms with Gasteiger partial charge in [0.25, 0.3) is 0 Å². The Morgan fingerprint density at radius 2 is 2.12 bits per heavy atom. The summed E-state index contributed by atoms with van der Waals surface area (Å²) in [7, 11) is 0. The third-order valence-electron chi connectivity index (χ3n) is 6.01. The molecule has 0 radical (unpaired) electrons. The number of benzene rings is 1. The maximum atomic E-state index is 9.48. The molecule has 0 saturated heterocycles. The minimum atomic E-state index is -0.357. The van der Waals surface area contributed by atoms with Crippen molar-refractivity contribution < 1.29 is 9.84 Å². The molecule has 0 amide bonds. The van der Waals surface area contributed by atoms with Gasteiger partial charge < -0.3 is 15.6 Å². The van der Waals surface area contributed by atoms with Crippen molar-refractivity contribution in [3.8, 4) is 0 Å². The van der Waals surface area contributed by atoms with E-state index in [9.17, 15) is 5.11 Å². The molecule has 24 heavy (non-hydrogen) atoms. The molecule has 134 valence electrons. The van der Waals surface area contributed by atoms with Crippen molar-refractivity contribution in [1.82, 2.24) is 0 Å². The number of fused-ring (bicyclic) bond motifs is 1. The average molecular weight is 332 g/mol. The molecule has 1 aromatic carbocycles. The first-order valence-corrected chi connectivity index (χ1v) is 9.73. The highest BCUT2D eigenvalue weighted by Gasteiger charge is 2.36. The van der Waals surface area contributed by atoms with Crippen molar-refractivity contribution in [3.05, 3.63) is 34.9 Å². The molecule has 0 spiro atoms. The van der Waals surface area contributed by atoms with Gasteiger partial charge in [-0.15, -0.1) is 0 Å². The Hall–Kier alpha value is -0.900. The van der Waals surface area contributed by atoms with Crippen LogP contribution in [0, 0.1) is 5.92 Å². The number of rotatable bonds is 7. The van der Waals surface area contributed by atoms with E-state index in [0.717, 1.165) is 44.8 Å². The van der Waals surface area contributed by atoms with Crippen LogP contribution in [0.25, 0.3) is 0 Å². The van der Waals surface area contributed by atoms with Crippen LogP contribution in [-0.4, -0.2) is 30.5 Å². The highest BCUT2D eigenvalue weighted by atomic mass is 16.5. The minimum absolute atomic E-state index is 0.107. The summed E-state index contributed by atoms with van der Waals surface area (Å²) >= 11 is 0. The molecule has 0 heterocycles. The summed E-state index contributed by atoms with van der Waals surface area (Å²) in [4.78, 5) is 0. The molecular formula is C21H33NO2. The number of hydrogen-bond donors (Lipinski definition) is 2. The van der Waals surface area contributed by atoms with Gasteiger partial charge in [-0.05, 0) is 79.9 Å². The van der Waals surface area contributed by atoms with Crippen LogP contribution in [0.15, 0.2) is 18.2 Å². The van der Waals surface area contributed by atoms with Crippen molar-refractivity contribution in [2.24, 2.45) is 11.7 Å². The Bertz CT molecular complexity index is 545. The summed E-state index contributed by atoms with van der Waals surface area (Å²) in [5.41, 5.74) is 10.4. The van der Waals surface area contributed by atoms with Crippen LogP contribution < -0.4 is 5.73 Å². The Labute approximate surface area is 146 Å². The third-order valence-corrected chi connectivity index (χ3v) is 6.01. The molecule has 3 atom stereocenters. The van der Waals surface area contributed by atoms with Crippen LogP contribution in [0.4, 0.5) is 0 Å². The first kappa shape index (κ1) is 17.9. The zero-order chi connectivity index (χ0) is 17.0. The number of aryl methyl sites for hydroxylation is 1. The van der Waals surface area contributed by atoms with Crippen LogP contribution in [0.1, 0.15) is 68.1 Å². The quantitative estimate of drug-likeness (QED) is 0.751. The lowest BCUT2D eigenvalue weighted by Crippen LogP contribution is -2.40. The van der Waals surface area contributed by atoms with Gasteiger partial charge in [-0.2, -0.15) is 0 Å². The zero-order valence-electron chi connectivity index (χ0n) is 15.1. The average Bonchev–Trinajstić information content (AvgIpc) is 3.01.